The molecule has 1 saturated heterocycles. The van der Waals surface area contributed by atoms with Crippen molar-refractivity contribution in [1.29, 1.82) is 0 Å². The van der Waals surface area contributed by atoms with Gasteiger partial charge in [0, 0.05) is 0 Å². The number of carbonyl (C=O) groups is 1. The molecule has 2 aliphatic heterocycles. The molecular formula is C11H16O9. The molecule has 0 saturated carbocycles. The average Bonchev–Trinajstić information content (AvgIpc) is 2.79. The Balaban J connectivity index is 2.05. The lowest BCUT2D eigenvalue weighted by molar-refractivity contribution is -0.328. The molecule has 9 heteroatoms. The maximum atomic E-state index is 11.1. The van der Waals surface area contributed by atoms with E-state index >= 15 is 0 Å². The normalized spacial score (nSPS) is 41.2. The first-order valence-corrected chi connectivity index (χ1v) is 5.90. The zero-order valence-electron chi connectivity index (χ0n) is 10.6. The highest BCUT2D eigenvalue weighted by atomic mass is 16.8. The van der Waals surface area contributed by atoms with Crippen molar-refractivity contribution in [3.8, 4) is 0 Å². The van der Waals surface area contributed by atoms with E-state index in [9.17, 15) is 20.1 Å². The Labute approximate surface area is 113 Å². The summed E-state index contributed by atoms with van der Waals surface area (Å²) in [7, 11) is 1.30. The van der Waals surface area contributed by atoms with Crippen LogP contribution in [0.4, 0.5) is 0 Å². The van der Waals surface area contributed by atoms with Crippen LogP contribution in [-0.4, -0.2) is 77.1 Å². The Morgan fingerprint density at radius 3 is 2.55 bits per heavy atom. The van der Waals surface area contributed by atoms with E-state index in [1.807, 2.05) is 0 Å². The zero-order valence-corrected chi connectivity index (χ0v) is 10.6. The van der Waals surface area contributed by atoms with E-state index in [4.69, 9.17) is 24.1 Å². The van der Waals surface area contributed by atoms with Gasteiger partial charge in [0.1, 0.15) is 24.4 Å². The van der Waals surface area contributed by atoms with E-state index in [0.717, 1.165) is 6.08 Å². The van der Waals surface area contributed by atoms with Crippen LogP contribution >= 0.6 is 0 Å². The highest BCUT2D eigenvalue weighted by Gasteiger charge is 2.46. The summed E-state index contributed by atoms with van der Waals surface area (Å²) in [4.78, 5) is 11.1. The summed E-state index contributed by atoms with van der Waals surface area (Å²) in [5.41, 5.74) is 0. The van der Waals surface area contributed by atoms with E-state index in [0.29, 0.717) is 0 Å². The van der Waals surface area contributed by atoms with Gasteiger partial charge in [-0.05, 0) is 0 Å². The molecule has 2 heterocycles. The Kier molecular flexibility index (Phi) is 4.58. The summed E-state index contributed by atoms with van der Waals surface area (Å²) >= 11 is 0. The monoisotopic (exact) mass is 292 g/mol. The van der Waals surface area contributed by atoms with Gasteiger partial charge in [0.15, 0.2) is 12.0 Å². The van der Waals surface area contributed by atoms with Gasteiger partial charge in [-0.15, -0.1) is 0 Å². The number of esters is 1. The third kappa shape index (κ3) is 2.77. The molecule has 9 nitrogen and oxygen atoms in total. The van der Waals surface area contributed by atoms with Crippen LogP contribution in [0.5, 0.6) is 0 Å². The standard InChI is InChI=1S/C11H16O9/c1-17-4-2-6(13)19-10(4)20-11-9(16)8(15)7(14)5(3-12)18-11/h2,5,7-12,14-16H,3H2,1H3/t5-,7-,8+,9-,10+,11+/m1/s1. The van der Waals surface area contributed by atoms with Crippen molar-refractivity contribution in [2.75, 3.05) is 13.7 Å². The van der Waals surface area contributed by atoms with Gasteiger partial charge in [-0.1, -0.05) is 0 Å². The van der Waals surface area contributed by atoms with Crippen LogP contribution in [0.2, 0.25) is 0 Å². The minimum absolute atomic E-state index is 0.0759. The van der Waals surface area contributed by atoms with Crippen LogP contribution in [0.15, 0.2) is 11.8 Å². The van der Waals surface area contributed by atoms with Crippen molar-refractivity contribution in [1.82, 2.24) is 0 Å². The topological polar surface area (TPSA) is 135 Å². The fourth-order valence-electron chi connectivity index (χ4n) is 1.93. The predicted molar refractivity (Wildman–Crippen MR) is 59.8 cm³/mol. The van der Waals surface area contributed by atoms with Gasteiger partial charge < -0.3 is 39.4 Å². The molecule has 0 aromatic carbocycles. The molecule has 6 atom stereocenters. The third-order valence-corrected chi connectivity index (χ3v) is 3.06. The Morgan fingerprint density at radius 2 is 1.95 bits per heavy atom. The van der Waals surface area contributed by atoms with Gasteiger partial charge in [-0.2, -0.15) is 0 Å². The van der Waals surface area contributed by atoms with Crippen molar-refractivity contribution in [2.24, 2.45) is 0 Å². The largest absolute Gasteiger partial charge is 0.494 e. The zero-order chi connectivity index (χ0) is 14.9. The van der Waals surface area contributed by atoms with E-state index in [1.54, 1.807) is 0 Å². The van der Waals surface area contributed by atoms with Crippen LogP contribution in [0, 0.1) is 0 Å². The number of hydrogen-bond donors (Lipinski definition) is 4. The van der Waals surface area contributed by atoms with Crippen LogP contribution in [0.25, 0.3) is 0 Å². The molecule has 1 fully saturated rings. The molecular weight excluding hydrogens is 276 g/mol. The molecule has 2 rings (SSSR count). The number of aliphatic hydroxyl groups is 4. The minimum atomic E-state index is -1.58. The number of hydrogen-bond acceptors (Lipinski definition) is 9. The first-order chi connectivity index (χ1) is 9.47. The molecule has 0 aromatic rings. The number of cyclic esters (lactones) is 1. The van der Waals surface area contributed by atoms with E-state index in [2.05, 4.69) is 0 Å². The smallest absolute Gasteiger partial charge is 0.337 e. The maximum absolute atomic E-state index is 11.1. The van der Waals surface area contributed by atoms with Crippen LogP contribution in [0.1, 0.15) is 0 Å². The minimum Gasteiger partial charge on any atom is -0.494 e. The molecule has 0 radical (unpaired) electrons. The summed E-state index contributed by atoms with van der Waals surface area (Å²) in [6.45, 7) is -0.581. The van der Waals surface area contributed by atoms with Crippen molar-refractivity contribution >= 4 is 5.97 Å². The quantitative estimate of drug-likeness (QED) is 0.406. The fourth-order valence-corrected chi connectivity index (χ4v) is 1.93. The molecule has 0 amide bonds. The molecule has 0 aliphatic carbocycles. The van der Waals surface area contributed by atoms with Gasteiger partial charge in [-0.3, -0.25) is 0 Å². The van der Waals surface area contributed by atoms with Crippen LogP contribution in [0.3, 0.4) is 0 Å². The summed E-state index contributed by atoms with van der Waals surface area (Å²) < 4.78 is 19.9. The highest BCUT2D eigenvalue weighted by Crippen LogP contribution is 2.26. The van der Waals surface area contributed by atoms with Gasteiger partial charge in [0.05, 0.1) is 19.8 Å². The van der Waals surface area contributed by atoms with Gasteiger partial charge in [-0.25, -0.2) is 4.79 Å². The van der Waals surface area contributed by atoms with Crippen molar-refractivity contribution in [3.63, 3.8) is 0 Å². The second-order valence-electron chi connectivity index (χ2n) is 4.35. The summed E-state index contributed by atoms with van der Waals surface area (Å²) in [5.74, 6) is -0.608. The molecule has 4 N–H and O–H groups in total. The van der Waals surface area contributed by atoms with Gasteiger partial charge in [0.25, 0.3) is 6.29 Å². The lowest BCUT2D eigenvalue weighted by Gasteiger charge is -2.40. The second-order valence-corrected chi connectivity index (χ2v) is 4.35. The lowest BCUT2D eigenvalue weighted by Crippen LogP contribution is -2.59. The molecule has 2 aliphatic rings. The first kappa shape index (κ1) is 15.2. The summed E-state index contributed by atoms with van der Waals surface area (Å²) in [6, 6.07) is 0. The maximum Gasteiger partial charge on any atom is 0.337 e. The van der Waals surface area contributed by atoms with E-state index < -0.39 is 49.6 Å². The second kappa shape index (κ2) is 6.04. The van der Waals surface area contributed by atoms with E-state index in [-0.39, 0.29) is 5.76 Å². The number of methoxy groups -OCH3 is 1. The first-order valence-electron chi connectivity index (χ1n) is 5.90. The molecule has 0 bridgehead atoms. The number of carbonyl (C=O) groups excluding carboxylic acids is 1. The van der Waals surface area contributed by atoms with Gasteiger partial charge in [0.2, 0.25) is 0 Å². The van der Waals surface area contributed by atoms with Crippen molar-refractivity contribution < 1.29 is 44.2 Å². The lowest BCUT2D eigenvalue weighted by atomic mass is 9.99. The molecule has 114 valence electrons. The Bertz CT molecular complexity index is 393. The van der Waals surface area contributed by atoms with Crippen LogP contribution < -0.4 is 0 Å². The van der Waals surface area contributed by atoms with Gasteiger partial charge >= 0.3 is 5.97 Å². The molecule has 20 heavy (non-hydrogen) atoms. The fraction of sp³-hybridized carbons (Fsp3) is 0.727. The van der Waals surface area contributed by atoms with Crippen LogP contribution in [-0.2, 0) is 23.7 Å². The van der Waals surface area contributed by atoms with Crippen molar-refractivity contribution in [3.05, 3.63) is 11.8 Å². The SMILES string of the molecule is COC1=CC(=O)O[C@H]1O[C@@H]1O[C@H](CO)[C@@H](O)[C@H](O)[C@H]1O. The van der Waals surface area contributed by atoms with Crippen molar-refractivity contribution in [2.45, 2.75) is 37.0 Å². The molecule has 0 spiro atoms. The number of aliphatic hydroxyl groups excluding tert-OH is 4. The number of ether oxygens (including phenoxy) is 4. The third-order valence-electron chi connectivity index (χ3n) is 3.06. The van der Waals surface area contributed by atoms with E-state index in [1.165, 1.54) is 7.11 Å². The Hall–Kier alpha value is -1.23. The summed E-state index contributed by atoms with van der Waals surface area (Å²) in [6.07, 6.45) is -7.31. The molecule has 0 unspecified atom stereocenters. The summed E-state index contributed by atoms with van der Waals surface area (Å²) in [5, 5.41) is 38.0. The average molecular weight is 292 g/mol. The molecule has 0 aromatic heterocycles. The highest BCUT2D eigenvalue weighted by molar-refractivity contribution is 5.85. The predicted octanol–water partition coefficient (Wildman–Crippen LogP) is -2.78. The Morgan fingerprint density at radius 1 is 1.25 bits per heavy atom. The number of rotatable bonds is 4.